The summed E-state index contributed by atoms with van der Waals surface area (Å²) in [4.78, 5) is 5.90. The topological polar surface area (TPSA) is 63.4 Å². The number of pyridine rings is 1. The maximum Gasteiger partial charge on any atom is 0.303 e. The number of furan rings is 1. The second kappa shape index (κ2) is 6.53. The van der Waals surface area contributed by atoms with E-state index in [2.05, 4.69) is 4.98 Å². The second-order valence-electron chi connectivity index (χ2n) is 5.50. The Morgan fingerprint density at radius 1 is 1.43 bits per heavy atom. The predicted molar refractivity (Wildman–Crippen MR) is 79.0 cm³/mol. The van der Waals surface area contributed by atoms with E-state index in [4.69, 9.17) is 4.42 Å². The summed E-state index contributed by atoms with van der Waals surface area (Å²) in [6.07, 6.45) is 3.36. The Hall–Kier alpha value is -1.47. The van der Waals surface area contributed by atoms with Gasteiger partial charge >= 0.3 is 10.2 Å². The van der Waals surface area contributed by atoms with Crippen molar-refractivity contribution in [3.63, 3.8) is 0 Å². The van der Waals surface area contributed by atoms with Crippen LogP contribution in [-0.2, 0) is 16.8 Å². The lowest BCUT2D eigenvalue weighted by molar-refractivity contribution is 0.232. The van der Waals surface area contributed by atoms with E-state index < -0.39 is 16.0 Å². The van der Waals surface area contributed by atoms with E-state index in [1.54, 1.807) is 18.5 Å². The van der Waals surface area contributed by atoms with Crippen molar-refractivity contribution in [2.24, 2.45) is 5.92 Å². The van der Waals surface area contributed by atoms with Gasteiger partial charge in [0, 0.05) is 30.9 Å². The molecule has 0 N–H and O–H groups in total. The summed E-state index contributed by atoms with van der Waals surface area (Å²) in [7, 11) is -4.45. The van der Waals surface area contributed by atoms with Crippen molar-refractivity contribution < 1.29 is 16.7 Å². The molecule has 2 aromatic rings. The highest BCUT2D eigenvalue weighted by Gasteiger charge is 2.15. The van der Waals surface area contributed by atoms with Gasteiger partial charge in [0.2, 0.25) is 0 Å². The van der Waals surface area contributed by atoms with E-state index in [1.807, 2.05) is 24.8 Å². The van der Waals surface area contributed by atoms with Gasteiger partial charge in [-0.1, -0.05) is 13.8 Å². The van der Waals surface area contributed by atoms with Gasteiger partial charge in [-0.2, -0.15) is 8.42 Å². The highest BCUT2D eigenvalue weighted by Crippen LogP contribution is 2.19. The summed E-state index contributed by atoms with van der Waals surface area (Å²) < 4.78 is 39.8. The number of aromatic nitrogens is 1. The fourth-order valence-corrected chi connectivity index (χ4v) is 2.70. The summed E-state index contributed by atoms with van der Waals surface area (Å²) in [5.41, 5.74) is 0.739. The molecule has 0 aliphatic heterocycles. The van der Waals surface area contributed by atoms with Crippen LogP contribution in [-0.4, -0.2) is 37.1 Å². The lowest BCUT2D eigenvalue weighted by Gasteiger charge is -2.22. The first-order chi connectivity index (χ1) is 9.83. The van der Waals surface area contributed by atoms with Crippen LogP contribution < -0.4 is 0 Å². The van der Waals surface area contributed by atoms with Crippen molar-refractivity contribution in [1.29, 1.82) is 0 Å². The number of hydrogen-bond donors (Lipinski definition) is 0. The SMILES string of the molecule is CC(C)CN(CCS(=O)(=O)F)Cc1cc2cnccc2o1. The van der Waals surface area contributed by atoms with Crippen molar-refractivity contribution in [1.82, 2.24) is 9.88 Å². The van der Waals surface area contributed by atoms with Gasteiger partial charge in [0.15, 0.2) is 0 Å². The molecule has 0 fully saturated rings. The van der Waals surface area contributed by atoms with Crippen LogP contribution in [0.15, 0.2) is 28.9 Å². The Morgan fingerprint density at radius 2 is 2.19 bits per heavy atom. The molecule has 0 aliphatic rings. The molecular weight excluding hydrogens is 295 g/mol. The molecule has 0 bridgehead atoms. The second-order valence-corrected chi connectivity index (χ2v) is 6.98. The first-order valence-electron chi connectivity index (χ1n) is 6.80. The number of fused-ring (bicyclic) bond motifs is 1. The predicted octanol–water partition coefficient (Wildman–Crippen LogP) is 2.59. The highest BCUT2D eigenvalue weighted by molar-refractivity contribution is 7.86. The van der Waals surface area contributed by atoms with Crippen LogP contribution in [0.1, 0.15) is 19.6 Å². The molecular formula is C14H19FN2O3S. The molecule has 0 radical (unpaired) electrons. The highest BCUT2D eigenvalue weighted by atomic mass is 32.3. The quantitative estimate of drug-likeness (QED) is 0.735. The molecule has 2 heterocycles. The minimum Gasteiger partial charge on any atom is -0.460 e. The normalized spacial score (nSPS) is 12.6. The van der Waals surface area contributed by atoms with E-state index in [0.717, 1.165) is 16.7 Å². The Kier molecular flexibility index (Phi) is 4.95. The minimum absolute atomic E-state index is 0.145. The number of halogens is 1. The molecule has 0 aromatic carbocycles. The van der Waals surface area contributed by atoms with Crippen LogP contribution >= 0.6 is 0 Å². The van der Waals surface area contributed by atoms with E-state index in [1.165, 1.54) is 0 Å². The number of nitrogens with zero attached hydrogens (tertiary/aromatic N) is 2. The Morgan fingerprint density at radius 3 is 2.81 bits per heavy atom. The molecule has 2 aromatic heterocycles. The van der Waals surface area contributed by atoms with Crippen LogP contribution in [0.4, 0.5) is 3.89 Å². The Balaban J connectivity index is 2.09. The lowest BCUT2D eigenvalue weighted by Crippen LogP contribution is -2.31. The fourth-order valence-electron chi connectivity index (χ4n) is 2.23. The van der Waals surface area contributed by atoms with Crippen molar-refractivity contribution >= 4 is 21.2 Å². The summed E-state index contributed by atoms with van der Waals surface area (Å²) in [5.74, 6) is 0.565. The zero-order valence-corrected chi connectivity index (χ0v) is 12.9. The molecule has 0 atom stereocenters. The average molecular weight is 314 g/mol. The first-order valence-corrected chi connectivity index (χ1v) is 8.36. The van der Waals surface area contributed by atoms with Gasteiger partial charge in [-0.05, 0) is 18.1 Å². The van der Waals surface area contributed by atoms with Gasteiger partial charge in [-0.25, -0.2) is 0 Å². The largest absolute Gasteiger partial charge is 0.460 e. The van der Waals surface area contributed by atoms with Crippen LogP contribution in [0.25, 0.3) is 11.0 Å². The molecule has 7 heteroatoms. The van der Waals surface area contributed by atoms with Crippen LogP contribution in [0, 0.1) is 5.92 Å². The molecule has 21 heavy (non-hydrogen) atoms. The van der Waals surface area contributed by atoms with E-state index >= 15 is 0 Å². The zero-order valence-electron chi connectivity index (χ0n) is 12.1. The third-order valence-electron chi connectivity index (χ3n) is 3.02. The molecule has 0 aliphatic carbocycles. The van der Waals surface area contributed by atoms with Crippen LogP contribution in [0.5, 0.6) is 0 Å². The molecule has 0 unspecified atom stereocenters. The summed E-state index contributed by atoms with van der Waals surface area (Å²) in [5, 5.41) is 0.898. The van der Waals surface area contributed by atoms with Gasteiger partial charge < -0.3 is 4.42 Å². The molecule has 0 amide bonds. The maximum absolute atomic E-state index is 12.7. The van der Waals surface area contributed by atoms with Crippen molar-refractivity contribution in [2.75, 3.05) is 18.8 Å². The third kappa shape index (κ3) is 5.09. The molecule has 5 nitrogen and oxygen atoms in total. The molecule has 0 saturated carbocycles. The molecule has 0 saturated heterocycles. The summed E-state index contributed by atoms with van der Waals surface area (Å²) >= 11 is 0. The van der Waals surface area contributed by atoms with Crippen LogP contribution in [0.2, 0.25) is 0 Å². The van der Waals surface area contributed by atoms with Gasteiger partial charge in [0.1, 0.15) is 11.3 Å². The van der Waals surface area contributed by atoms with Crippen LogP contribution in [0.3, 0.4) is 0 Å². The first kappa shape index (κ1) is 15.9. The minimum atomic E-state index is -4.45. The van der Waals surface area contributed by atoms with Crippen molar-refractivity contribution in [3.05, 3.63) is 30.3 Å². The summed E-state index contributed by atoms with van der Waals surface area (Å²) in [6, 6.07) is 3.65. The lowest BCUT2D eigenvalue weighted by atomic mass is 10.2. The zero-order chi connectivity index (χ0) is 15.5. The van der Waals surface area contributed by atoms with E-state index in [9.17, 15) is 12.3 Å². The fraction of sp³-hybridized carbons (Fsp3) is 0.500. The molecule has 116 valence electrons. The van der Waals surface area contributed by atoms with Gasteiger partial charge in [0.25, 0.3) is 0 Å². The molecule has 0 spiro atoms. The standard InChI is InChI=1S/C14H19FN2O3S/c1-11(2)9-17(5-6-21(15,18)19)10-13-7-12-8-16-4-3-14(12)20-13/h3-4,7-8,11H,5-6,9-10H2,1-2H3. The smallest absolute Gasteiger partial charge is 0.303 e. The van der Waals surface area contributed by atoms with Gasteiger partial charge in [-0.3, -0.25) is 9.88 Å². The Bertz CT molecular complexity index is 664. The van der Waals surface area contributed by atoms with E-state index in [-0.39, 0.29) is 6.54 Å². The van der Waals surface area contributed by atoms with Crippen molar-refractivity contribution in [3.8, 4) is 0 Å². The number of hydrogen-bond acceptors (Lipinski definition) is 5. The van der Waals surface area contributed by atoms with Gasteiger partial charge in [0.05, 0.1) is 12.3 Å². The van der Waals surface area contributed by atoms with E-state index in [0.29, 0.717) is 19.0 Å². The summed E-state index contributed by atoms with van der Waals surface area (Å²) in [6.45, 7) is 5.32. The monoisotopic (exact) mass is 314 g/mol. The maximum atomic E-state index is 12.7. The Labute approximate surface area is 124 Å². The van der Waals surface area contributed by atoms with Crippen molar-refractivity contribution in [2.45, 2.75) is 20.4 Å². The molecule has 2 rings (SSSR count). The average Bonchev–Trinajstić information content (AvgIpc) is 2.76. The third-order valence-corrected chi connectivity index (χ3v) is 3.69. The number of rotatable bonds is 7. The van der Waals surface area contributed by atoms with Gasteiger partial charge in [-0.15, -0.1) is 3.89 Å².